The molecular weight excluding hydrogens is 220 g/mol. The zero-order valence-electron chi connectivity index (χ0n) is 11.4. The molecule has 2 aromatic rings. The van der Waals surface area contributed by atoms with Crippen LogP contribution in [0.3, 0.4) is 0 Å². The van der Waals surface area contributed by atoms with Crippen LogP contribution in [0.2, 0.25) is 0 Å². The Hall–Kier alpha value is -1.76. The van der Waals surface area contributed by atoms with E-state index in [0.29, 0.717) is 0 Å². The maximum Gasteiger partial charge on any atom is 0.119 e. The molecule has 0 N–H and O–H groups in total. The van der Waals surface area contributed by atoms with Crippen molar-refractivity contribution < 1.29 is 4.74 Å². The van der Waals surface area contributed by atoms with Gasteiger partial charge in [-0.1, -0.05) is 44.2 Å². The molecule has 0 bridgehead atoms. The van der Waals surface area contributed by atoms with Crippen LogP contribution in [-0.2, 0) is 12.8 Å². The van der Waals surface area contributed by atoms with Gasteiger partial charge in [-0.2, -0.15) is 0 Å². The summed E-state index contributed by atoms with van der Waals surface area (Å²) in [4.78, 5) is 0. The Bertz CT molecular complexity index is 529. The fraction of sp³-hybridized carbons (Fsp3) is 0.294. The molecule has 0 aliphatic carbocycles. The fourth-order valence-corrected chi connectivity index (χ4v) is 2.28. The van der Waals surface area contributed by atoms with Gasteiger partial charge in [-0.25, -0.2) is 0 Å². The van der Waals surface area contributed by atoms with Gasteiger partial charge in [0.1, 0.15) is 5.75 Å². The first kappa shape index (κ1) is 12.7. The van der Waals surface area contributed by atoms with Crippen molar-refractivity contribution in [3.63, 3.8) is 0 Å². The highest BCUT2D eigenvalue weighted by Crippen LogP contribution is 2.26. The minimum absolute atomic E-state index is 0.908. The average molecular weight is 240 g/mol. The van der Waals surface area contributed by atoms with Crippen molar-refractivity contribution in [2.75, 3.05) is 7.11 Å². The van der Waals surface area contributed by atoms with Gasteiger partial charge in [-0.3, -0.25) is 0 Å². The van der Waals surface area contributed by atoms with Gasteiger partial charge in [-0.05, 0) is 47.2 Å². The van der Waals surface area contributed by atoms with Gasteiger partial charge in [0, 0.05) is 0 Å². The van der Waals surface area contributed by atoms with E-state index in [1.54, 1.807) is 7.11 Å². The Morgan fingerprint density at radius 3 is 2.22 bits per heavy atom. The van der Waals surface area contributed by atoms with E-state index in [0.717, 1.165) is 18.6 Å². The van der Waals surface area contributed by atoms with Crippen molar-refractivity contribution in [2.24, 2.45) is 0 Å². The average Bonchev–Trinajstić information content (AvgIpc) is 2.46. The van der Waals surface area contributed by atoms with Crippen molar-refractivity contribution in [1.29, 1.82) is 0 Å². The SMILES string of the molecule is CCc1ccc(-c2cccc(OC)c2)cc1CC. The highest BCUT2D eigenvalue weighted by atomic mass is 16.5. The lowest BCUT2D eigenvalue weighted by molar-refractivity contribution is 0.415. The van der Waals surface area contributed by atoms with Crippen LogP contribution < -0.4 is 4.74 Å². The van der Waals surface area contributed by atoms with Gasteiger partial charge < -0.3 is 4.74 Å². The van der Waals surface area contributed by atoms with E-state index < -0.39 is 0 Å². The summed E-state index contributed by atoms with van der Waals surface area (Å²) in [5.41, 5.74) is 5.37. The summed E-state index contributed by atoms with van der Waals surface area (Å²) < 4.78 is 5.28. The van der Waals surface area contributed by atoms with Crippen LogP contribution in [-0.4, -0.2) is 7.11 Å². The summed E-state index contributed by atoms with van der Waals surface area (Å²) >= 11 is 0. The highest BCUT2D eigenvalue weighted by molar-refractivity contribution is 5.66. The molecule has 0 saturated heterocycles. The van der Waals surface area contributed by atoms with Gasteiger partial charge in [0.2, 0.25) is 0 Å². The standard InChI is InChI=1S/C17H20O/c1-4-13-9-10-16(11-14(13)5-2)15-7-6-8-17(12-15)18-3/h6-12H,4-5H2,1-3H3. The van der Waals surface area contributed by atoms with E-state index in [2.05, 4.69) is 44.2 Å². The molecule has 0 spiro atoms. The lowest BCUT2D eigenvalue weighted by Crippen LogP contribution is -1.92. The molecule has 94 valence electrons. The molecule has 0 fully saturated rings. The smallest absolute Gasteiger partial charge is 0.119 e. The van der Waals surface area contributed by atoms with Crippen LogP contribution >= 0.6 is 0 Å². The number of ether oxygens (including phenoxy) is 1. The minimum atomic E-state index is 0.908. The lowest BCUT2D eigenvalue weighted by atomic mass is 9.96. The van der Waals surface area contributed by atoms with Crippen LogP contribution in [0.1, 0.15) is 25.0 Å². The Balaban J connectivity index is 2.43. The topological polar surface area (TPSA) is 9.23 Å². The largest absolute Gasteiger partial charge is 0.497 e. The normalized spacial score (nSPS) is 10.4. The first-order valence-corrected chi connectivity index (χ1v) is 6.54. The van der Waals surface area contributed by atoms with Gasteiger partial charge >= 0.3 is 0 Å². The number of hydrogen-bond donors (Lipinski definition) is 0. The van der Waals surface area contributed by atoms with Crippen molar-refractivity contribution in [3.8, 4) is 16.9 Å². The van der Waals surface area contributed by atoms with E-state index in [1.165, 1.54) is 22.3 Å². The summed E-state index contributed by atoms with van der Waals surface area (Å²) in [5, 5.41) is 0. The molecule has 0 atom stereocenters. The number of rotatable bonds is 4. The number of benzene rings is 2. The van der Waals surface area contributed by atoms with E-state index >= 15 is 0 Å². The predicted molar refractivity (Wildman–Crippen MR) is 77.2 cm³/mol. The Morgan fingerprint density at radius 2 is 1.56 bits per heavy atom. The van der Waals surface area contributed by atoms with Crippen molar-refractivity contribution in [1.82, 2.24) is 0 Å². The Labute approximate surface area is 109 Å². The van der Waals surface area contributed by atoms with Crippen molar-refractivity contribution in [3.05, 3.63) is 53.6 Å². The van der Waals surface area contributed by atoms with Crippen molar-refractivity contribution >= 4 is 0 Å². The lowest BCUT2D eigenvalue weighted by Gasteiger charge is -2.10. The molecule has 0 amide bonds. The molecule has 0 heterocycles. The van der Waals surface area contributed by atoms with Crippen LogP contribution in [0.15, 0.2) is 42.5 Å². The molecule has 0 aromatic heterocycles. The van der Waals surface area contributed by atoms with E-state index in [1.807, 2.05) is 12.1 Å². The third kappa shape index (κ3) is 2.56. The molecule has 1 heteroatoms. The Kier molecular flexibility index (Phi) is 4.03. The summed E-state index contributed by atoms with van der Waals surface area (Å²) in [6.07, 6.45) is 2.18. The molecule has 0 radical (unpaired) electrons. The number of aryl methyl sites for hydroxylation is 2. The molecule has 0 saturated carbocycles. The van der Waals surface area contributed by atoms with Crippen LogP contribution in [0.25, 0.3) is 11.1 Å². The van der Waals surface area contributed by atoms with Gasteiger partial charge in [-0.15, -0.1) is 0 Å². The van der Waals surface area contributed by atoms with E-state index in [9.17, 15) is 0 Å². The minimum Gasteiger partial charge on any atom is -0.497 e. The molecule has 2 aromatic carbocycles. The summed E-state index contributed by atoms with van der Waals surface area (Å²) in [6, 6.07) is 15.0. The molecule has 0 unspecified atom stereocenters. The zero-order chi connectivity index (χ0) is 13.0. The highest BCUT2D eigenvalue weighted by Gasteiger charge is 2.04. The predicted octanol–water partition coefficient (Wildman–Crippen LogP) is 4.49. The second-order valence-electron chi connectivity index (χ2n) is 4.42. The molecular formula is C17H20O. The van der Waals surface area contributed by atoms with Crippen LogP contribution in [0.4, 0.5) is 0 Å². The van der Waals surface area contributed by atoms with Gasteiger partial charge in [0.05, 0.1) is 7.11 Å². The number of hydrogen-bond acceptors (Lipinski definition) is 1. The molecule has 0 aliphatic rings. The maximum atomic E-state index is 5.28. The summed E-state index contributed by atoms with van der Waals surface area (Å²) in [7, 11) is 1.71. The molecule has 1 nitrogen and oxygen atoms in total. The number of methoxy groups -OCH3 is 1. The fourth-order valence-electron chi connectivity index (χ4n) is 2.28. The van der Waals surface area contributed by atoms with E-state index in [4.69, 9.17) is 4.74 Å². The molecule has 2 rings (SSSR count). The third-order valence-corrected chi connectivity index (χ3v) is 3.37. The molecule has 0 aliphatic heterocycles. The van der Waals surface area contributed by atoms with E-state index in [-0.39, 0.29) is 0 Å². The maximum absolute atomic E-state index is 5.28. The monoisotopic (exact) mass is 240 g/mol. The molecule has 18 heavy (non-hydrogen) atoms. The van der Waals surface area contributed by atoms with Crippen LogP contribution in [0.5, 0.6) is 5.75 Å². The second-order valence-corrected chi connectivity index (χ2v) is 4.42. The third-order valence-electron chi connectivity index (χ3n) is 3.37. The summed E-state index contributed by atoms with van der Waals surface area (Å²) in [5.74, 6) is 0.908. The quantitative estimate of drug-likeness (QED) is 0.765. The first-order chi connectivity index (χ1) is 8.78. The van der Waals surface area contributed by atoms with Crippen LogP contribution in [0, 0.1) is 0 Å². The van der Waals surface area contributed by atoms with Gasteiger partial charge in [0.25, 0.3) is 0 Å². The van der Waals surface area contributed by atoms with Crippen molar-refractivity contribution in [2.45, 2.75) is 26.7 Å². The second kappa shape index (κ2) is 5.72. The Morgan fingerprint density at radius 1 is 0.833 bits per heavy atom. The van der Waals surface area contributed by atoms with Gasteiger partial charge in [0.15, 0.2) is 0 Å². The first-order valence-electron chi connectivity index (χ1n) is 6.54. The zero-order valence-corrected chi connectivity index (χ0v) is 11.4. The summed E-state index contributed by atoms with van der Waals surface area (Å²) in [6.45, 7) is 4.42.